The van der Waals surface area contributed by atoms with E-state index in [0.29, 0.717) is 42.3 Å². The summed E-state index contributed by atoms with van der Waals surface area (Å²) in [4.78, 5) is 23.6. The fourth-order valence-corrected chi connectivity index (χ4v) is 4.09. The van der Waals surface area contributed by atoms with Gasteiger partial charge in [0.2, 0.25) is 0 Å². The minimum Gasteiger partial charge on any atom is -0.352 e. The van der Waals surface area contributed by atoms with Crippen LogP contribution < -0.4 is 4.90 Å². The lowest BCUT2D eigenvalue weighted by Gasteiger charge is -2.35. The zero-order valence-electron chi connectivity index (χ0n) is 17.2. The Morgan fingerprint density at radius 2 is 1.79 bits per heavy atom. The summed E-state index contributed by atoms with van der Waals surface area (Å²) in [6.07, 6.45) is 1.60. The normalized spacial score (nSPS) is 14.7. The van der Waals surface area contributed by atoms with Crippen molar-refractivity contribution in [1.29, 1.82) is 0 Å². The van der Waals surface area contributed by atoms with Crippen molar-refractivity contribution >= 4 is 34.9 Å². The topological polar surface area (TPSA) is 39.7 Å². The quantitative estimate of drug-likeness (QED) is 0.666. The van der Waals surface area contributed by atoms with Crippen LogP contribution in [-0.4, -0.2) is 59.5 Å². The number of anilines is 1. The van der Waals surface area contributed by atoms with Crippen LogP contribution in [0.15, 0.2) is 36.5 Å². The average Bonchev–Trinajstić information content (AvgIpc) is 2.72. The molecule has 1 amide bonds. The smallest absolute Gasteiger partial charge is 0.253 e. The molecule has 156 valence electrons. The largest absolute Gasteiger partial charge is 0.352 e. The van der Waals surface area contributed by atoms with Crippen molar-refractivity contribution in [2.45, 2.75) is 33.4 Å². The van der Waals surface area contributed by atoms with Crippen LogP contribution in [0.2, 0.25) is 10.0 Å². The number of rotatable bonds is 6. The van der Waals surface area contributed by atoms with Crippen molar-refractivity contribution in [1.82, 2.24) is 14.8 Å². The lowest BCUT2D eigenvalue weighted by Crippen LogP contribution is -2.49. The molecule has 1 fully saturated rings. The van der Waals surface area contributed by atoms with Gasteiger partial charge in [-0.3, -0.25) is 9.69 Å². The summed E-state index contributed by atoms with van der Waals surface area (Å²) in [5.41, 5.74) is 1.96. The molecule has 29 heavy (non-hydrogen) atoms. The van der Waals surface area contributed by atoms with Crippen LogP contribution in [-0.2, 0) is 6.54 Å². The molecule has 1 aromatic carbocycles. The molecule has 0 bridgehead atoms. The van der Waals surface area contributed by atoms with Crippen LogP contribution in [0.5, 0.6) is 0 Å². The van der Waals surface area contributed by atoms with E-state index in [4.69, 9.17) is 23.2 Å². The van der Waals surface area contributed by atoms with Gasteiger partial charge < -0.3 is 9.80 Å². The maximum atomic E-state index is 12.9. The predicted octanol–water partition coefficient (Wildman–Crippen LogP) is 4.58. The van der Waals surface area contributed by atoms with Crippen molar-refractivity contribution < 1.29 is 4.79 Å². The van der Waals surface area contributed by atoms with E-state index in [1.54, 1.807) is 12.3 Å². The number of amides is 1. The van der Waals surface area contributed by atoms with Crippen LogP contribution in [0.1, 0.15) is 36.7 Å². The van der Waals surface area contributed by atoms with Gasteiger partial charge in [-0.15, -0.1) is 0 Å². The molecule has 0 saturated carbocycles. The van der Waals surface area contributed by atoms with E-state index in [1.165, 1.54) is 5.56 Å². The van der Waals surface area contributed by atoms with Crippen LogP contribution >= 0.6 is 23.2 Å². The van der Waals surface area contributed by atoms with Gasteiger partial charge in [-0.1, -0.05) is 42.3 Å². The minimum atomic E-state index is 0.0718. The van der Waals surface area contributed by atoms with Crippen LogP contribution in [0, 0.1) is 0 Å². The number of carbonyl (C=O) groups is 1. The summed E-state index contributed by atoms with van der Waals surface area (Å²) in [6, 6.07) is 10.2. The third-order valence-corrected chi connectivity index (χ3v) is 5.86. The van der Waals surface area contributed by atoms with Gasteiger partial charge >= 0.3 is 0 Å². The van der Waals surface area contributed by atoms with Crippen molar-refractivity contribution in [3.05, 3.63) is 57.7 Å². The number of carbonyl (C=O) groups excluding carboxylic acids is 1. The molecule has 0 radical (unpaired) electrons. The summed E-state index contributed by atoms with van der Waals surface area (Å²) in [5, 5.41) is 1.06. The molecule has 0 spiro atoms. The zero-order chi connectivity index (χ0) is 21.0. The van der Waals surface area contributed by atoms with Gasteiger partial charge in [0.25, 0.3) is 5.91 Å². The molecule has 0 aliphatic carbocycles. The second-order valence-electron chi connectivity index (χ2n) is 7.59. The molecular weight excluding hydrogens is 407 g/mol. The Labute approximate surface area is 183 Å². The molecule has 0 unspecified atom stereocenters. The monoisotopic (exact) mass is 434 g/mol. The Kier molecular flexibility index (Phi) is 7.38. The second kappa shape index (κ2) is 9.79. The average molecular weight is 435 g/mol. The van der Waals surface area contributed by atoms with Crippen molar-refractivity contribution in [3.63, 3.8) is 0 Å². The Bertz CT molecular complexity index is 833. The molecule has 0 N–H and O–H groups in total. The summed E-state index contributed by atoms with van der Waals surface area (Å²) in [6.45, 7) is 11.1. The first-order chi connectivity index (χ1) is 13.9. The van der Waals surface area contributed by atoms with E-state index in [1.807, 2.05) is 17.0 Å². The number of piperazine rings is 1. The number of benzene rings is 1. The molecule has 1 aliphatic heterocycles. The van der Waals surface area contributed by atoms with Crippen molar-refractivity contribution in [2.24, 2.45) is 0 Å². The van der Waals surface area contributed by atoms with Gasteiger partial charge in [-0.25, -0.2) is 4.98 Å². The summed E-state index contributed by atoms with van der Waals surface area (Å²) >= 11 is 12.2. The Morgan fingerprint density at radius 3 is 2.34 bits per heavy atom. The third-order valence-electron chi connectivity index (χ3n) is 5.38. The highest BCUT2D eigenvalue weighted by atomic mass is 35.5. The molecule has 1 aromatic heterocycles. The van der Waals surface area contributed by atoms with Crippen LogP contribution in [0.4, 0.5) is 5.82 Å². The molecule has 5 nitrogen and oxygen atoms in total. The fourth-order valence-electron chi connectivity index (χ4n) is 3.59. The summed E-state index contributed by atoms with van der Waals surface area (Å²) in [5.74, 6) is 0.792. The number of nitrogens with zero attached hydrogens (tertiary/aromatic N) is 4. The lowest BCUT2D eigenvalue weighted by atomic mass is 10.1. The molecule has 1 saturated heterocycles. The molecule has 2 heterocycles. The van der Waals surface area contributed by atoms with E-state index >= 15 is 0 Å². The number of hydrogen-bond acceptors (Lipinski definition) is 4. The standard InChI is InChI=1S/C22H28Cl2N4O/c1-4-26(16(2)3)15-17-5-7-18(8-6-17)22(29)28-11-9-27(10-12-28)21-20(24)13-19(23)14-25-21/h5-8,13-14,16H,4,9-12,15H2,1-3H3. The highest BCUT2D eigenvalue weighted by molar-refractivity contribution is 6.36. The maximum Gasteiger partial charge on any atom is 0.253 e. The van der Waals surface area contributed by atoms with E-state index in [0.717, 1.165) is 24.5 Å². The molecule has 3 rings (SSSR count). The predicted molar refractivity (Wildman–Crippen MR) is 120 cm³/mol. The van der Waals surface area contributed by atoms with Crippen LogP contribution in [0.25, 0.3) is 0 Å². The van der Waals surface area contributed by atoms with E-state index < -0.39 is 0 Å². The summed E-state index contributed by atoms with van der Waals surface area (Å²) in [7, 11) is 0. The third kappa shape index (κ3) is 5.41. The van der Waals surface area contributed by atoms with Gasteiger partial charge in [0.05, 0.1) is 10.0 Å². The highest BCUT2D eigenvalue weighted by Gasteiger charge is 2.24. The molecule has 1 aliphatic rings. The number of aromatic nitrogens is 1. The highest BCUT2D eigenvalue weighted by Crippen LogP contribution is 2.27. The van der Waals surface area contributed by atoms with Crippen molar-refractivity contribution in [2.75, 3.05) is 37.6 Å². The lowest BCUT2D eigenvalue weighted by molar-refractivity contribution is 0.0746. The molecular formula is C22H28Cl2N4O. The van der Waals surface area contributed by atoms with Gasteiger partial charge in [0.1, 0.15) is 5.82 Å². The zero-order valence-corrected chi connectivity index (χ0v) is 18.7. The van der Waals surface area contributed by atoms with Gasteiger partial charge in [0.15, 0.2) is 0 Å². The Balaban J connectivity index is 1.59. The van der Waals surface area contributed by atoms with Crippen LogP contribution in [0.3, 0.4) is 0 Å². The maximum absolute atomic E-state index is 12.9. The minimum absolute atomic E-state index is 0.0718. The van der Waals surface area contributed by atoms with E-state index in [2.05, 4.69) is 47.7 Å². The SMILES string of the molecule is CCN(Cc1ccc(C(=O)N2CCN(c3ncc(Cl)cc3Cl)CC2)cc1)C(C)C. The second-order valence-corrected chi connectivity index (χ2v) is 8.44. The first-order valence-corrected chi connectivity index (χ1v) is 10.8. The van der Waals surface area contributed by atoms with Gasteiger partial charge in [-0.05, 0) is 44.2 Å². The molecule has 2 aromatic rings. The first kappa shape index (κ1) is 21.9. The first-order valence-electron chi connectivity index (χ1n) is 10.1. The van der Waals surface area contributed by atoms with Gasteiger partial charge in [-0.2, -0.15) is 0 Å². The molecule has 7 heteroatoms. The number of pyridine rings is 1. The van der Waals surface area contributed by atoms with E-state index in [9.17, 15) is 4.79 Å². The fraction of sp³-hybridized carbons (Fsp3) is 0.455. The molecule has 0 atom stereocenters. The Morgan fingerprint density at radius 1 is 1.14 bits per heavy atom. The van der Waals surface area contributed by atoms with E-state index in [-0.39, 0.29) is 5.91 Å². The Hall–Kier alpha value is -1.82. The summed E-state index contributed by atoms with van der Waals surface area (Å²) < 4.78 is 0. The van der Waals surface area contributed by atoms with Gasteiger partial charge in [0, 0.05) is 50.5 Å². The number of hydrogen-bond donors (Lipinski definition) is 0. The number of halogens is 2. The van der Waals surface area contributed by atoms with Crippen molar-refractivity contribution in [3.8, 4) is 0 Å².